The number of hydrogen-bond acceptors (Lipinski definition) is 4. The summed E-state index contributed by atoms with van der Waals surface area (Å²) in [5, 5.41) is 0.922. The first-order valence-electron chi connectivity index (χ1n) is 10.3. The van der Waals surface area contributed by atoms with Crippen molar-refractivity contribution in [2.45, 2.75) is 33.1 Å². The molecule has 0 aliphatic rings. The van der Waals surface area contributed by atoms with Crippen molar-refractivity contribution in [2.24, 2.45) is 0 Å². The summed E-state index contributed by atoms with van der Waals surface area (Å²) >= 11 is 1.53. The van der Waals surface area contributed by atoms with Crippen LogP contribution in [0, 0.1) is 20.8 Å². The SMILES string of the molecule is Cc1ccc2c(CSCC(=O)c3cc(C)n(Cc4ccccc4)c3C)cc(=O)oc2c1. The van der Waals surface area contributed by atoms with Crippen LogP contribution in [0.25, 0.3) is 11.0 Å². The van der Waals surface area contributed by atoms with E-state index in [0.717, 1.165) is 40.0 Å². The van der Waals surface area contributed by atoms with Crippen LogP contribution in [0.4, 0.5) is 0 Å². The van der Waals surface area contributed by atoms with Crippen molar-refractivity contribution in [1.29, 1.82) is 0 Å². The van der Waals surface area contributed by atoms with Gasteiger partial charge in [-0.15, -0.1) is 11.8 Å². The van der Waals surface area contributed by atoms with Crippen molar-refractivity contribution in [3.63, 3.8) is 0 Å². The molecular formula is C26H25NO3S. The predicted octanol–water partition coefficient (Wildman–Crippen LogP) is 5.68. The third-order valence-corrected chi connectivity index (χ3v) is 6.52. The van der Waals surface area contributed by atoms with Crippen molar-refractivity contribution in [2.75, 3.05) is 5.75 Å². The van der Waals surface area contributed by atoms with Gasteiger partial charge < -0.3 is 8.98 Å². The number of thioether (sulfide) groups is 1. The number of carbonyl (C=O) groups is 1. The summed E-state index contributed by atoms with van der Waals surface area (Å²) in [5.74, 6) is 1.06. The van der Waals surface area contributed by atoms with E-state index in [1.807, 2.05) is 63.2 Å². The fraction of sp³-hybridized carbons (Fsp3) is 0.231. The number of rotatable bonds is 7. The average Bonchev–Trinajstić information content (AvgIpc) is 3.02. The Hall–Kier alpha value is -3.05. The molecule has 0 aliphatic heterocycles. The maximum atomic E-state index is 12.9. The third-order valence-electron chi connectivity index (χ3n) is 5.53. The third kappa shape index (κ3) is 4.67. The molecule has 5 heteroatoms. The van der Waals surface area contributed by atoms with E-state index in [1.165, 1.54) is 23.4 Å². The minimum atomic E-state index is -0.357. The van der Waals surface area contributed by atoms with E-state index in [-0.39, 0.29) is 11.4 Å². The van der Waals surface area contributed by atoms with Crippen LogP contribution in [-0.2, 0) is 12.3 Å². The Labute approximate surface area is 185 Å². The van der Waals surface area contributed by atoms with Gasteiger partial charge in [0.05, 0.1) is 5.75 Å². The number of fused-ring (bicyclic) bond motifs is 1. The first-order chi connectivity index (χ1) is 14.9. The van der Waals surface area contributed by atoms with Gasteiger partial charge in [0.2, 0.25) is 0 Å². The lowest BCUT2D eigenvalue weighted by Gasteiger charge is -2.10. The van der Waals surface area contributed by atoms with E-state index in [4.69, 9.17) is 4.42 Å². The Bertz CT molecular complexity index is 1300. The fourth-order valence-electron chi connectivity index (χ4n) is 3.88. The monoisotopic (exact) mass is 431 g/mol. The van der Waals surface area contributed by atoms with Gasteiger partial charge in [-0.05, 0) is 49.6 Å². The van der Waals surface area contributed by atoms with E-state index < -0.39 is 0 Å². The van der Waals surface area contributed by atoms with Crippen molar-refractivity contribution in [1.82, 2.24) is 4.57 Å². The number of nitrogens with zero attached hydrogens (tertiary/aromatic N) is 1. The predicted molar refractivity (Wildman–Crippen MR) is 127 cm³/mol. The molecule has 0 unspecified atom stereocenters. The zero-order valence-corrected chi connectivity index (χ0v) is 18.8. The molecule has 0 spiro atoms. The topological polar surface area (TPSA) is 52.2 Å². The Kier molecular flexibility index (Phi) is 6.14. The first-order valence-corrected chi connectivity index (χ1v) is 11.4. The second-order valence-electron chi connectivity index (χ2n) is 7.86. The molecule has 4 rings (SSSR count). The normalized spacial score (nSPS) is 11.2. The van der Waals surface area contributed by atoms with Crippen LogP contribution in [0.5, 0.6) is 0 Å². The minimum absolute atomic E-state index is 0.112. The molecule has 0 saturated carbocycles. The van der Waals surface area contributed by atoms with Crippen LogP contribution >= 0.6 is 11.8 Å². The largest absolute Gasteiger partial charge is 0.423 e. The second-order valence-corrected chi connectivity index (χ2v) is 8.85. The molecule has 2 aromatic carbocycles. The molecule has 0 bridgehead atoms. The summed E-state index contributed by atoms with van der Waals surface area (Å²) in [5.41, 5.74) is 6.24. The van der Waals surface area contributed by atoms with Gasteiger partial charge in [-0.1, -0.05) is 42.5 Å². The molecule has 158 valence electrons. The molecule has 0 saturated heterocycles. The quantitative estimate of drug-likeness (QED) is 0.279. The average molecular weight is 432 g/mol. The number of aryl methyl sites for hydroxylation is 2. The highest BCUT2D eigenvalue weighted by Gasteiger charge is 2.16. The summed E-state index contributed by atoms with van der Waals surface area (Å²) in [6, 6.07) is 19.6. The van der Waals surface area contributed by atoms with Gasteiger partial charge in [0, 0.05) is 40.7 Å². The van der Waals surface area contributed by atoms with Crippen LogP contribution in [0.15, 0.2) is 69.9 Å². The maximum absolute atomic E-state index is 12.9. The van der Waals surface area contributed by atoms with Crippen LogP contribution < -0.4 is 5.63 Å². The second kappa shape index (κ2) is 8.98. The summed E-state index contributed by atoms with van der Waals surface area (Å²) in [6.45, 7) is 6.77. The molecule has 2 aromatic heterocycles. The molecule has 4 aromatic rings. The number of Topliss-reactive ketones (excluding diaryl/α,β-unsaturated/α-hetero) is 1. The van der Waals surface area contributed by atoms with Crippen molar-refractivity contribution in [3.05, 3.63) is 105 Å². The molecule has 0 fully saturated rings. The molecule has 0 N–H and O–H groups in total. The molecule has 4 nitrogen and oxygen atoms in total. The first kappa shape index (κ1) is 21.2. The number of ketones is 1. The standard InChI is InChI=1S/C26H25NO3S/c1-17-9-10-22-21(13-26(29)30-25(22)11-17)15-31-16-24(28)23-12-18(2)27(19(23)3)14-20-7-5-4-6-8-20/h4-13H,14-16H2,1-3H3. The van der Waals surface area contributed by atoms with E-state index in [0.29, 0.717) is 17.1 Å². The highest BCUT2D eigenvalue weighted by molar-refractivity contribution is 7.99. The summed E-state index contributed by atoms with van der Waals surface area (Å²) < 4.78 is 7.51. The Morgan fingerprint density at radius 1 is 1.00 bits per heavy atom. The van der Waals surface area contributed by atoms with E-state index in [2.05, 4.69) is 16.7 Å². The molecule has 0 radical (unpaired) electrons. The van der Waals surface area contributed by atoms with Gasteiger partial charge in [0.15, 0.2) is 5.78 Å². The highest BCUT2D eigenvalue weighted by atomic mass is 32.2. The van der Waals surface area contributed by atoms with Gasteiger partial charge in [-0.3, -0.25) is 4.79 Å². The Morgan fingerprint density at radius 3 is 2.55 bits per heavy atom. The molecule has 0 amide bonds. The van der Waals surface area contributed by atoms with Crippen LogP contribution in [0.1, 0.15) is 38.4 Å². The fourth-order valence-corrected chi connectivity index (χ4v) is 4.78. The van der Waals surface area contributed by atoms with Crippen LogP contribution in [0.3, 0.4) is 0 Å². The van der Waals surface area contributed by atoms with Crippen LogP contribution in [-0.4, -0.2) is 16.1 Å². The van der Waals surface area contributed by atoms with Crippen molar-refractivity contribution < 1.29 is 9.21 Å². The Balaban J connectivity index is 1.47. The molecule has 0 aliphatic carbocycles. The van der Waals surface area contributed by atoms with Gasteiger partial charge in [-0.25, -0.2) is 4.79 Å². The summed E-state index contributed by atoms with van der Waals surface area (Å²) in [7, 11) is 0. The zero-order chi connectivity index (χ0) is 22.0. The number of carbonyl (C=O) groups excluding carboxylic acids is 1. The maximum Gasteiger partial charge on any atom is 0.336 e. The molecule has 31 heavy (non-hydrogen) atoms. The minimum Gasteiger partial charge on any atom is -0.423 e. The van der Waals surface area contributed by atoms with Crippen molar-refractivity contribution >= 4 is 28.5 Å². The summed E-state index contributed by atoms with van der Waals surface area (Å²) in [4.78, 5) is 24.9. The molecule has 0 atom stereocenters. The van der Waals surface area contributed by atoms with Gasteiger partial charge in [-0.2, -0.15) is 0 Å². The number of hydrogen-bond donors (Lipinski definition) is 0. The number of aromatic nitrogens is 1. The van der Waals surface area contributed by atoms with Crippen LogP contribution in [0.2, 0.25) is 0 Å². The lowest BCUT2D eigenvalue weighted by Crippen LogP contribution is -2.08. The Morgan fingerprint density at radius 2 is 1.77 bits per heavy atom. The van der Waals surface area contributed by atoms with Crippen molar-refractivity contribution in [3.8, 4) is 0 Å². The van der Waals surface area contributed by atoms with Gasteiger partial charge in [0.1, 0.15) is 5.58 Å². The van der Waals surface area contributed by atoms with E-state index >= 15 is 0 Å². The lowest BCUT2D eigenvalue weighted by atomic mass is 10.1. The van der Waals surface area contributed by atoms with Gasteiger partial charge >= 0.3 is 5.63 Å². The van der Waals surface area contributed by atoms with Gasteiger partial charge in [0.25, 0.3) is 0 Å². The highest BCUT2D eigenvalue weighted by Crippen LogP contribution is 2.24. The zero-order valence-electron chi connectivity index (χ0n) is 18.0. The van der Waals surface area contributed by atoms with E-state index in [1.54, 1.807) is 0 Å². The summed E-state index contributed by atoms with van der Waals surface area (Å²) in [6.07, 6.45) is 0. The van der Waals surface area contributed by atoms with E-state index in [9.17, 15) is 9.59 Å². The molecule has 2 heterocycles. The molecular weight excluding hydrogens is 406 g/mol. The smallest absolute Gasteiger partial charge is 0.336 e. The number of benzene rings is 2. The lowest BCUT2D eigenvalue weighted by molar-refractivity contribution is 0.102.